The van der Waals surface area contributed by atoms with Crippen molar-refractivity contribution in [2.24, 2.45) is 5.92 Å². The van der Waals surface area contributed by atoms with Gasteiger partial charge in [-0.15, -0.1) is 0 Å². The average molecular weight is 315 g/mol. The van der Waals surface area contributed by atoms with Crippen LogP contribution in [0.2, 0.25) is 0 Å². The molecule has 2 atom stereocenters. The van der Waals surface area contributed by atoms with E-state index >= 15 is 0 Å². The normalized spacial score (nSPS) is 22.3. The molecule has 2 unspecified atom stereocenters. The van der Waals surface area contributed by atoms with Crippen molar-refractivity contribution in [1.82, 2.24) is 24.1 Å². The van der Waals surface area contributed by atoms with E-state index in [-0.39, 0.29) is 6.04 Å². The van der Waals surface area contributed by atoms with Crippen LogP contribution in [0.15, 0.2) is 18.5 Å². The van der Waals surface area contributed by atoms with Crippen molar-refractivity contribution in [3.63, 3.8) is 0 Å². The summed E-state index contributed by atoms with van der Waals surface area (Å²) < 4.78 is 30.9. The lowest BCUT2D eigenvalue weighted by atomic mass is 10.00. The predicted molar refractivity (Wildman–Crippen MR) is 82.0 cm³/mol. The molecule has 1 fully saturated rings. The van der Waals surface area contributed by atoms with E-state index in [9.17, 15) is 8.42 Å². The molecule has 2 heterocycles. The molecule has 0 saturated carbocycles. The highest BCUT2D eigenvalue weighted by Gasteiger charge is 2.29. The van der Waals surface area contributed by atoms with Crippen LogP contribution in [-0.4, -0.2) is 55.2 Å². The van der Waals surface area contributed by atoms with Crippen LogP contribution in [-0.2, 0) is 16.8 Å². The van der Waals surface area contributed by atoms with Gasteiger partial charge in [0, 0.05) is 31.5 Å². The summed E-state index contributed by atoms with van der Waals surface area (Å²) >= 11 is 0. The van der Waals surface area contributed by atoms with Crippen LogP contribution >= 0.6 is 0 Å². The van der Waals surface area contributed by atoms with Gasteiger partial charge in [0.25, 0.3) is 10.2 Å². The molecule has 1 aromatic rings. The van der Waals surface area contributed by atoms with Crippen LogP contribution in [0.25, 0.3) is 0 Å². The molecule has 0 bridgehead atoms. The fourth-order valence-corrected chi connectivity index (χ4v) is 4.26. The lowest BCUT2D eigenvalue weighted by Gasteiger charge is -2.32. The van der Waals surface area contributed by atoms with Crippen LogP contribution in [0, 0.1) is 5.92 Å². The number of nitrogens with one attached hydrogen (secondary N) is 2. The van der Waals surface area contributed by atoms with E-state index in [1.807, 2.05) is 26.2 Å². The SMILES string of the molecule is CNCC1CCCN(S(=O)(=O)NC(C)Cn2cccn2)C1. The second kappa shape index (κ2) is 7.35. The Hall–Kier alpha value is -0.960. The van der Waals surface area contributed by atoms with Gasteiger partial charge in [0.2, 0.25) is 0 Å². The minimum absolute atomic E-state index is 0.195. The molecule has 1 aliphatic heterocycles. The number of nitrogens with zero attached hydrogens (tertiary/aromatic N) is 3. The van der Waals surface area contributed by atoms with E-state index in [0.29, 0.717) is 25.6 Å². The highest BCUT2D eigenvalue weighted by Crippen LogP contribution is 2.18. The molecular weight excluding hydrogens is 290 g/mol. The Bertz CT molecular complexity index is 515. The predicted octanol–water partition coefficient (Wildman–Crippen LogP) is 0.0374. The molecular formula is C13H25N5O2S. The zero-order valence-electron chi connectivity index (χ0n) is 12.7. The first-order valence-electron chi connectivity index (χ1n) is 7.40. The molecule has 7 nitrogen and oxygen atoms in total. The van der Waals surface area contributed by atoms with Crippen molar-refractivity contribution < 1.29 is 8.42 Å². The molecule has 0 amide bonds. The Morgan fingerprint density at radius 2 is 2.29 bits per heavy atom. The monoisotopic (exact) mass is 315 g/mol. The summed E-state index contributed by atoms with van der Waals surface area (Å²) in [4.78, 5) is 0. The number of hydrogen-bond donors (Lipinski definition) is 2. The van der Waals surface area contributed by atoms with Gasteiger partial charge in [-0.1, -0.05) is 0 Å². The van der Waals surface area contributed by atoms with Crippen molar-refractivity contribution in [3.05, 3.63) is 18.5 Å². The second-order valence-electron chi connectivity index (χ2n) is 5.68. The van der Waals surface area contributed by atoms with Crippen LogP contribution in [0.1, 0.15) is 19.8 Å². The minimum atomic E-state index is -3.42. The zero-order chi connectivity index (χ0) is 15.3. The number of piperidine rings is 1. The Morgan fingerprint density at radius 3 is 2.95 bits per heavy atom. The fourth-order valence-electron chi connectivity index (χ4n) is 2.76. The van der Waals surface area contributed by atoms with E-state index in [2.05, 4.69) is 15.1 Å². The van der Waals surface area contributed by atoms with Gasteiger partial charge in [-0.2, -0.15) is 22.5 Å². The highest BCUT2D eigenvalue weighted by molar-refractivity contribution is 7.87. The summed E-state index contributed by atoms with van der Waals surface area (Å²) in [6, 6.07) is 1.63. The lowest BCUT2D eigenvalue weighted by molar-refractivity contribution is 0.259. The molecule has 0 spiro atoms. The van der Waals surface area contributed by atoms with Crippen LogP contribution < -0.4 is 10.0 Å². The summed E-state index contributed by atoms with van der Waals surface area (Å²) in [6.07, 6.45) is 5.51. The molecule has 0 aromatic carbocycles. The molecule has 1 aromatic heterocycles. The molecule has 2 N–H and O–H groups in total. The van der Waals surface area contributed by atoms with Gasteiger partial charge >= 0.3 is 0 Å². The molecule has 1 saturated heterocycles. The van der Waals surface area contributed by atoms with Crippen molar-refractivity contribution >= 4 is 10.2 Å². The Balaban J connectivity index is 1.91. The van der Waals surface area contributed by atoms with E-state index in [4.69, 9.17) is 0 Å². The number of aromatic nitrogens is 2. The first-order valence-corrected chi connectivity index (χ1v) is 8.84. The fraction of sp³-hybridized carbons (Fsp3) is 0.769. The van der Waals surface area contributed by atoms with Gasteiger partial charge in [0.15, 0.2) is 0 Å². The molecule has 0 radical (unpaired) electrons. The lowest BCUT2D eigenvalue weighted by Crippen LogP contribution is -2.50. The van der Waals surface area contributed by atoms with Gasteiger partial charge in [0.05, 0.1) is 6.54 Å². The maximum atomic E-state index is 12.4. The summed E-state index contributed by atoms with van der Waals surface area (Å²) in [7, 11) is -1.52. The minimum Gasteiger partial charge on any atom is -0.319 e. The van der Waals surface area contributed by atoms with Crippen molar-refractivity contribution in [1.29, 1.82) is 0 Å². The van der Waals surface area contributed by atoms with Crippen LogP contribution in [0.5, 0.6) is 0 Å². The van der Waals surface area contributed by atoms with E-state index in [1.165, 1.54) is 0 Å². The zero-order valence-corrected chi connectivity index (χ0v) is 13.5. The van der Waals surface area contributed by atoms with Crippen molar-refractivity contribution in [2.75, 3.05) is 26.7 Å². The van der Waals surface area contributed by atoms with E-state index < -0.39 is 10.2 Å². The maximum absolute atomic E-state index is 12.4. The van der Waals surface area contributed by atoms with Gasteiger partial charge < -0.3 is 5.32 Å². The molecule has 8 heteroatoms. The van der Waals surface area contributed by atoms with Crippen molar-refractivity contribution in [2.45, 2.75) is 32.4 Å². The third-order valence-corrected chi connectivity index (χ3v) is 5.40. The molecule has 0 aliphatic carbocycles. The first kappa shape index (κ1) is 16.4. The van der Waals surface area contributed by atoms with Gasteiger partial charge in [0.1, 0.15) is 0 Å². The summed E-state index contributed by atoms with van der Waals surface area (Å²) in [6.45, 7) is 4.43. The molecule has 21 heavy (non-hydrogen) atoms. The van der Waals surface area contributed by atoms with Crippen molar-refractivity contribution in [3.8, 4) is 0 Å². The highest BCUT2D eigenvalue weighted by atomic mass is 32.2. The first-order chi connectivity index (χ1) is 10.0. The van der Waals surface area contributed by atoms with E-state index in [1.54, 1.807) is 15.2 Å². The average Bonchev–Trinajstić information content (AvgIpc) is 2.91. The maximum Gasteiger partial charge on any atom is 0.279 e. The summed E-state index contributed by atoms with van der Waals surface area (Å²) in [5.74, 6) is 0.391. The quantitative estimate of drug-likeness (QED) is 0.744. The second-order valence-corrected chi connectivity index (χ2v) is 7.38. The third kappa shape index (κ3) is 4.77. The topological polar surface area (TPSA) is 79.3 Å². The smallest absolute Gasteiger partial charge is 0.279 e. The molecule has 1 aliphatic rings. The Kier molecular flexibility index (Phi) is 5.74. The number of hydrogen-bond acceptors (Lipinski definition) is 4. The summed E-state index contributed by atoms with van der Waals surface area (Å²) in [5, 5.41) is 7.22. The van der Waals surface area contributed by atoms with Gasteiger partial charge in [-0.3, -0.25) is 4.68 Å². The Morgan fingerprint density at radius 1 is 1.48 bits per heavy atom. The number of rotatable bonds is 7. The van der Waals surface area contributed by atoms with Crippen LogP contribution in [0.4, 0.5) is 0 Å². The third-order valence-electron chi connectivity index (χ3n) is 3.68. The summed E-state index contributed by atoms with van der Waals surface area (Å²) in [5.41, 5.74) is 0. The molecule has 120 valence electrons. The van der Waals surface area contributed by atoms with Gasteiger partial charge in [-0.05, 0) is 45.3 Å². The standard InChI is InChI=1S/C13H25N5O2S/c1-12(10-17-7-4-6-15-17)16-21(19,20)18-8-3-5-13(11-18)9-14-2/h4,6-7,12-14,16H,3,5,8-11H2,1-2H3. The van der Waals surface area contributed by atoms with Crippen LogP contribution in [0.3, 0.4) is 0 Å². The largest absolute Gasteiger partial charge is 0.319 e. The Labute approximate surface area is 126 Å². The van der Waals surface area contributed by atoms with Gasteiger partial charge in [-0.25, -0.2) is 0 Å². The molecule has 2 rings (SSSR count). The van der Waals surface area contributed by atoms with E-state index in [0.717, 1.165) is 19.4 Å².